The molecule has 3 aromatic rings. The molecule has 4 heterocycles. The Morgan fingerprint density at radius 3 is 2.23 bits per heavy atom. The maximum Gasteiger partial charge on any atom is 0.407 e. The van der Waals surface area contributed by atoms with Crippen molar-refractivity contribution in [3.05, 3.63) is 75.5 Å². The molecule has 3 saturated heterocycles. The first-order valence-electron chi connectivity index (χ1n) is 18.9. The van der Waals surface area contributed by atoms with E-state index in [9.17, 15) is 23.6 Å². The minimum absolute atomic E-state index is 0.00739. The lowest BCUT2D eigenvalue weighted by atomic mass is 9.96. The van der Waals surface area contributed by atoms with Crippen molar-refractivity contribution in [3.8, 4) is 0 Å². The number of ether oxygens (including phenoxy) is 1. The van der Waals surface area contributed by atoms with E-state index >= 15 is 0 Å². The summed E-state index contributed by atoms with van der Waals surface area (Å²) in [7, 11) is 0. The van der Waals surface area contributed by atoms with Crippen LogP contribution in [0.15, 0.2) is 47.3 Å². The SMILES string of the molecule is CC(C)(C)OC(=O)NCCN1CCC(CN2CCN(CC(=O)N3CCN(C(=O)c4cc(Cc5n[nH]c(=O)c6ccccc56)ccc4F)CC3)CC2)CC1. The van der Waals surface area contributed by atoms with Crippen molar-refractivity contribution in [1.82, 2.24) is 40.0 Å². The van der Waals surface area contributed by atoms with E-state index < -0.39 is 17.3 Å². The molecular weight excluding hydrogens is 679 g/mol. The summed E-state index contributed by atoms with van der Waals surface area (Å²) in [6.45, 7) is 15.6. The van der Waals surface area contributed by atoms with Gasteiger partial charge in [0, 0.05) is 83.8 Å². The van der Waals surface area contributed by atoms with Gasteiger partial charge in [0.2, 0.25) is 5.91 Å². The van der Waals surface area contributed by atoms with Crippen LogP contribution in [0.3, 0.4) is 0 Å². The number of hydrogen-bond donors (Lipinski definition) is 2. The average molecular weight is 733 g/mol. The maximum atomic E-state index is 15.0. The number of halogens is 1. The predicted molar refractivity (Wildman–Crippen MR) is 200 cm³/mol. The number of piperidine rings is 1. The molecule has 13 nitrogen and oxygen atoms in total. The van der Waals surface area contributed by atoms with Gasteiger partial charge in [-0.2, -0.15) is 5.10 Å². The number of benzene rings is 2. The molecule has 286 valence electrons. The Bertz CT molecular complexity index is 1810. The molecule has 1 aromatic heterocycles. The normalized spacial score (nSPS) is 18.3. The van der Waals surface area contributed by atoms with Crippen LogP contribution in [-0.4, -0.2) is 150 Å². The summed E-state index contributed by atoms with van der Waals surface area (Å²) < 4.78 is 20.3. The standard InChI is InChI=1S/C39H53FN8O5/c1-39(2,3)53-38(52)41-12-15-44-13-10-28(11-14-44)26-45-16-18-46(19-17-45)27-35(49)47-20-22-48(23-21-47)37(51)32-24-29(8-9-33(32)40)25-34-30-6-4-5-7-31(30)36(50)43-42-34/h4-9,24,28H,10-23,25-27H2,1-3H3,(H,41,52)(H,43,50). The molecule has 2 aromatic carbocycles. The number of aromatic amines is 1. The summed E-state index contributed by atoms with van der Waals surface area (Å²) in [5, 5.41) is 10.8. The van der Waals surface area contributed by atoms with Crippen LogP contribution < -0.4 is 10.9 Å². The van der Waals surface area contributed by atoms with Crippen LogP contribution >= 0.6 is 0 Å². The number of piperazine rings is 2. The molecule has 3 aliphatic rings. The minimum atomic E-state index is -0.592. The van der Waals surface area contributed by atoms with Crippen molar-refractivity contribution in [1.29, 1.82) is 0 Å². The topological polar surface area (TPSA) is 134 Å². The third-order valence-corrected chi connectivity index (χ3v) is 10.5. The smallest absolute Gasteiger partial charge is 0.407 e. The molecule has 3 amide bonds. The molecule has 14 heteroatoms. The number of alkyl carbamates (subject to hydrolysis) is 1. The van der Waals surface area contributed by atoms with Crippen LogP contribution in [0.2, 0.25) is 0 Å². The number of carbonyl (C=O) groups excluding carboxylic acids is 3. The fraction of sp³-hybridized carbons (Fsp3) is 0.564. The first-order valence-corrected chi connectivity index (χ1v) is 18.9. The second kappa shape index (κ2) is 17.2. The van der Waals surface area contributed by atoms with Gasteiger partial charge in [-0.25, -0.2) is 14.3 Å². The van der Waals surface area contributed by atoms with Crippen molar-refractivity contribution >= 4 is 28.7 Å². The predicted octanol–water partition coefficient (Wildman–Crippen LogP) is 2.79. The summed E-state index contributed by atoms with van der Waals surface area (Å²) in [6.07, 6.45) is 2.24. The number of aromatic nitrogens is 2. The summed E-state index contributed by atoms with van der Waals surface area (Å²) >= 11 is 0. The van der Waals surface area contributed by atoms with E-state index in [2.05, 4.69) is 30.2 Å². The Labute approximate surface area is 310 Å². The van der Waals surface area contributed by atoms with Gasteiger partial charge in [0.1, 0.15) is 11.4 Å². The van der Waals surface area contributed by atoms with E-state index in [0.29, 0.717) is 73.6 Å². The van der Waals surface area contributed by atoms with Crippen molar-refractivity contribution < 1.29 is 23.5 Å². The van der Waals surface area contributed by atoms with E-state index in [4.69, 9.17) is 4.74 Å². The van der Waals surface area contributed by atoms with E-state index in [1.807, 2.05) is 37.8 Å². The monoisotopic (exact) mass is 732 g/mol. The molecule has 3 fully saturated rings. The molecule has 6 rings (SSSR count). The van der Waals surface area contributed by atoms with Gasteiger partial charge < -0.3 is 29.7 Å². The molecular formula is C39H53FN8O5. The Morgan fingerprint density at radius 1 is 0.868 bits per heavy atom. The molecule has 3 aliphatic heterocycles. The van der Waals surface area contributed by atoms with Gasteiger partial charge in [0.05, 0.1) is 23.2 Å². The minimum Gasteiger partial charge on any atom is -0.444 e. The molecule has 0 bridgehead atoms. The molecule has 0 aliphatic carbocycles. The van der Waals surface area contributed by atoms with E-state index in [0.717, 1.165) is 65.2 Å². The molecule has 0 radical (unpaired) electrons. The Hall–Kier alpha value is -4.40. The number of hydrogen-bond acceptors (Lipinski definition) is 9. The molecule has 0 saturated carbocycles. The third-order valence-electron chi connectivity index (χ3n) is 10.5. The fourth-order valence-corrected chi connectivity index (χ4v) is 7.48. The average Bonchev–Trinajstić information content (AvgIpc) is 3.14. The van der Waals surface area contributed by atoms with Gasteiger partial charge in [0.15, 0.2) is 0 Å². The second-order valence-electron chi connectivity index (χ2n) is 15.5. The van der Waals surface area contributed by atoms with Crippen molar-refractivity contribution in [2.45, 2.75) is 45.6 Å². The molecule has 0 atom stereocenters. The Kier molecular flexibility index (Phi) is 12.4. The van der Waals surface area contributed by atoms with Gasteiger partial charge >= 0.3 is 6.09 Å². The lowest BCUT2D eigenvalue weighted by molar-refractivity contribution is -0.134. The lowest BCUT2D eigenvalue weighted by Crippen LogP contribution is -2.55. The summed E-state index contributed by atoms with van der Waals surface area (Å²) in [5.74, 6) is -0.271. The highest BCUT2D eigenvalue weighted by Gasteiger charge is 2.29. The van der Waals surface area contributed by atoms with Gasteiger partial charge in [-0.15, -0.1) is 0 Å². The number of likely N-dealkylation sites (tertiary alicyclic amines) is 1. The molecule has 2 N–H and O–H groups in total. The number of nitrogens with one attached hydrogen (secondary N) is 2. The quantitative estimate of drug-likeness (QED) is 0.323. The van der Waals surface area contributed by atoms with Crippen LogP contribution in [0, 0.1) is 11.7 Å². The number of rotatable bonds is 10. The zero-order valence-electron chi connectivity index (χ0n) is 31.2. The fourth-order valence-electron chi connectivity index (χ4n) is 7.48. The highest BCUT2D eigenvalue weighted by Crippen LogP contribution is 2.21. The van der Waals surface area contributed by atoms with Gasteiger partial charge in [0.25, 0.3) is 11.5 Å². The van der Waals surface area contributed by atoms with Gasteiger partial charge in [-0.1, -0.05) is 24.3 Å². The summed E-state index contributed by atoms with van der Waals surface area (Å²) in [4.78, 5) is 61.4. The van der Waals surface area contributed by atoms with E-state index in [1.54, 1.807) is 29.2 Å². The molecule has 0 unspecified atom stereocenters. The van der Waals surface area contributed by atoms with Gasteiger partial charge in [-0.3, -0.25) is 19.3 Å². The number of amides is 3. The number of H-pyrrole nitrogens is 1. The second-order valence-corrected chi connectivity index (χ2v) is 15.5. The maximum absolute atomic E-state index is 15.0. The van der Waals surface area contributed by atoms with Crippen molar-refractivity contribution in [2.75, 3.05) is 91.6 Å². The van der Waals surface area contributed by atoms with Crippen LogP contribution in [0.25, 0.3) is 10.8 Å². The molecule has 53 heavy (non-hydrogen) atoms. The third kappa shape index (κ3) is 10.4. The first-order chi connectivity index (χ1) is 25.4. The highest BCUT2D eigenvalue weighted by molar-refractivity contribution is 5.95. The highest BCUT2D eigenvalue weighted by atomic mass is 19.1. The number of carbonyl (C=O) groups is 3. The van der Waals surface area contributed by atoms with Crippen molar-refractivity contribution in [3.63, 3.8) is 0 Å². The van der Waals surface area contributed by atoms with Crippen molar-refractivity contribution in [2.24, 2.45) is 5.92 Å². The van der Waals surface area contributed by atoms with E-state index in [1.165, 1.54) is 6.07 Å². The van der Waals surface area contributed by atoms with Crippen LogP contribution in [0.5, 0.6) is 0 Å². The Balaban J connectivity index is 0.894. The summed E-state index contributed by atoms with van der Waals surface area (Å²) in [6, 6.07) is 11.7. The van der Waals surface area contributed by atoms with Crippen LogP contribution in [0.4, 0.5) is 9.18 Å². The number of nitrogens with zero attached hydrogens (tertiary/aromatic N) is 6. The zero-order valence-corrected chi connectivity index (χ0v) is 31.2. The van der Waals surface area contributed by atoms with Crippen LogP contribution in [0.1, 0.15) is 55.2 Å². The summed E-state index contributed by atoms with van der Waals surface area (Å²) in [5.41, 5.74) is 0.571. The van der Waals surface area contributed by atoms with Crippen LogP contribution in [-0.2, 0) is 16.0 Å². The first kappa shape index (κ1) is 38.3. The van der Waals surface area contributed by atoms with E-state index in [-0.39, 0.29) is 23.1 Å². The largest absolute Gasteiger partial charge is 0.444 e. The molecule has 0 spiro atoms. The lowest BCUT2D eigenvalue weighted by Gasteiger charge is -2.40. The zero-order chi connectivity index (χ0) is 37.5. The van der Waals surface area contributed by atoms with Gasteiger partial charge in [-0.05, 0) is 76.4 Å². The Morgan fingerprint density at radius 2 is 1.53 bits per heavy atom. The number of fused-ring (bicyclic) bond motifs is 1.